The Balaban J connectivity index is 1.77. The van der Waals surface area contributed by atoms with Gasteiger partial charge in [0, 0.05) is 29.4 Å². The molecule has 7 nitrogen and oxygen atoms in total. The first kappa shape index (κ1) is 29.3. The number of fused-ring (bicyclic) bond motifs is 1. The number of sulfonamides is 1. The molecule has 0 fully saturated rings. The second-order valence-electron chi connectivity index (χ2n) is 9.52. The molecule has 0 aliphatic carbocycles. The summed E-state index contributed by atoms with van der Waals surface area (Å²) in [4.78, 5) is 29.1. The Morgan fingerprint density at radius 3 is 2.17 bits per heavy atom. The van der Waals surface area contributed by atoms with Crippen LogP contribution in [0.5, 0.6) is 0 Å². The van der Waals surface area contributed by atoms with Crippen LogP contribution in [-0.4, -0.2) is 50.5 Å². The van der Waals surface area contributed by atoms with E-state index in [1.54, 1.807) is 12.1 Å². The zero-order chi connectivity index (χ0) is 28.7. The third-order valence-corrected chi connectivity index (χ3v) is 8.26. The van der Waals surface area contributed by atoms with Gasteiger partial charge in [0.1, 0.15) is 12.6 Å². The van der Waals surface area contributed by atoms with Crippen LogP contribution >= 0.6 is 15.9 Å². The third-order valence-electron chi connectivity index (χ3n) is 6.60. The molecule has 0 aliphatic heterocycles. The monoisotopic (exact) mass is 621 g/mol. The number of hydrogen-bond acceptors (Lipinski definition) is 4. The van der Waals surface area contributed by atoms with E-state index in [1.165, 1.54) is 4.90 Å². The zero-order valence-electron chi connectivity index (χ0n) is 22.5. The van der Waals surface area contributed by atoms with E-state index < -0.39 is 28.5 Å². The molecular weight excluding hydrogens is 590 g/mol. The summed E-state index contributed by atoms with van der Waals surface area (Å²) >= 11 is 3.44. The normalized spacial score (nSPS) is 12.1. The summed E-state index contributed by atoms with van der Waals surface area (Å²) in [6.45, 7) is 1.90. The Bertz CT molecular complexity index is 1570. The topological polar surface area (TPSA) is 86.8 Å². The molecule has 1 unspecified atom stereocenters. The van der Waals surface area contributed by atoms with Crippen molar-refractivity contribution in [3.05, 3.63) is 113 Å². The predicted molar refractivity (Wildman–Crippen MR) is 163 cm³/mol. The number of carbonyl (C=O) groups excluding carboxylic acids is 2. The van der Waals surface area contributed by atoms with Gasteiger partial charge in [0.05, 0.1) is 11.9 Å². The Hall–Kier alpha value is -3.69. The van der Waals surface area contributed by atoms with Gasteiger partial charge in [0.2, 0.25) is 21.8 Å². The van der Waals surface area contributed by atoms with Crippen LogP contribution in [-0.2, 0) is 32.6 Å². The van der Waals surface area contributed by atoms with Crippen LogP contribution in [0.3, 0.4) is 0 Å². The highest BCUT2D eigenvalue weighted by molar-refractivity contribution is 9.10. The standard InChI is InChI=1S/C31H32BrN3O4S/c1-3-33-31(37)29(20-23-10-5-4-6-11-23)34(21-24-16-18-26(32)19-17-24)30(36)22-35(40(2,38)39)28-15-9-13-25-12-7-8-14-27(25)28/h4-19,29H,3,20-22H2,1-2H3,(H,33,37). The minimum Gasteiger partial charge on any atom is -0.355 e. The molecule has 40 heavy (non-hydrogen) atoms. The van der Waals surface area contributed by atoms with Gasteiger partial charge in [-0.1, -0.05) is 94.8 Å². The van der Waals surface area contributed by atoms with Crippen LogP contribution in [0.1, 0.15) is 18.1 Å². The molecule has 208 valence electrons. The molecule has 0 radical (unpaired) electrons. The molecule has 0 aromatic heterocycles. The van der Waals surface area contributed by atoms with Gasteiger partial charge in [0.25, 0.3) is 0 Å². The Labute approximate surface area is 244 Å². The summed E-state index contributed by atoms with van der Waals surface area (Å²) in [6.07, 6.45) is 1.37. The molecule has 9 heteroatoms. The number of amides is 2. The molecule has 0 heterocycles. The molecule has 0 saturated carbocycles. The van der Waals surface area contributed by atoms with E-state index in [-0.39, 0.29) is 18.9 Å². The van der Waals surface area contributed by atoms with Crippen LogP contribution in [0.2, 0.25) is 0 Å². The maximum atomic E-state index is 14.2. The first-order valence-electron chi connectivity index (χ1n) is 13.0. The van der Waals surface area contributed by atoms with Gasteiger partial charge in [-0.05, 0) is 41.6 Å². The number of likely N-dealkylation sites (N-methyl/N-ethyl adjacent to an activating group) is 1. The average molecular weight is 623 g/mol. The molecule has 2 amide bonds. The summed E-state index contributed by atoms with van der Waals surface area (Å²) in [5.74, 6) is -0.777. The lowest BCUT2D eigenvalue weighted by Crippen LogP contribution is -2.53. The summed E-state index contributed by atoms with van der Waals surface area (Å²) in [7, 11) is -3.85. The molecule has 0 spiro atoms. The van der Waals surface area contributed by atoms with Crippen LogP contribution in [0.4, 0.5) is 5.69 Å². The number of rotatable bonds is 11. The first-order chi connectivity index (χ1) is 19.2. The van der Waals surface area contributed by atoms with E-state index in [4.69, 9.17) is 0 Å². The summed E-state index contributed by atoms with van der Waals surface area (Å²) < 4.78 is 28.2. The average Bonchev–Trinajstić information content (AvgIpc) is 2.94. The first-order valence-corrected chi connectivity index (χ1v) is 15.6. The van der Waals surface area contributed by atoms with E-state index >= 15 is 0 Å². The number of nitrogens with one attached hydrogen (secondary N) is 1. The van der Waals surface area contributed by atoms with E-state index in [2.05, 4.69) is 21.2 Å². The Kier molecular flexibility index (Phi) is 9.60. The van der Waals surface area contributed by atoms with Crippen molar-refractivity contribution in [2.45, 2.75) is 25.9 Å². The number of nitrogens with zero attached hydrogens (tertiary/aromatic N) is 2. The van der Waals surface area contributed by atoms with Crippen LogP contribution in [0.25, 0.3) is 10.8 Å². The van der Waals surface area contributed by atoms with Crippen LogP contribution in [0, 0.1) is 0 Å². The smallest absolute Gasteiger partial charge is 0.244 e. The summed E-state index contributed by atoms with van der Waals surface area (Å²) in [5, 5.41) is 4.44. The molecule has 0 bridgehead atoms. The van der Waals surface area contributed by atoms with Crippen molar-refractivity contribution in [1.82, 2.24) is 10.2 Å². The van der Waals surface area contributed by atoms with Gasteiger partial charge in [-0.15, -0.1) is 0 Å². The zero-order valence-corrected chi connectivity index (χ0v) is 24.9. The van der Waals surface area contributed by atoms with E-state index in [0.29, 0.717) is 17.6 Å². The lowest BCUT2D eigenvalue weighted by Gasteiger charge is -2.33. The fraction of sp³-hybridized carbons (Fsp3) is 0.226. The molecule has 0 saturated heterocycles. The molecule has 4 aromatic rings. The molecule has 4 rings (SSSR count). The molecule has 1 N–H and O–H groups in total. The number of benzene rings is 4. The predicted octanol–water partition coefficient (Wildman–Crippen LogP) is 5.14. The number of anilines is 1. The van der Waals surface area contributed by atoms with Gasteiger partial charge < -0.3 is 10.2 Å². The lowest BCUT2D eigenvalue weighted by atomic mass is 10.0. The van der Waals surface area contributed by atoms with E-state index in [0.717, 1.165) is 31.5 Å². The van der Waals surface area contributed by atoms with E-state index in [1.807, 2.05) is 91.9 Å². The lowest BCUT2D eigenvalue weighted by molar-refractivity contribution is -0.140. The van der Waals surface area contributed by atoms with Crippen molar-refractivity contribution >= 4 is 54.2 Å². The highest BCUT2D eigenvalue weighted by Gasteiger charge is 2.33. The van der Waals surface area contributed by atoms with Crippen LogP contribution < -0.4 is 9.62 Å². The van der Waals surface area contributed by atoms with Crippen molar-refractivity contribution in [1.29, 1.82) is 0 Å². The van der Waals surface area contributed by atoms with Crippen molar-refractivity contribution in [3.8, 4) is 0 Å². The van der Waals surface area contributed by atoms with Gasteiger partial charge in [-0.3, -0.25) is 13.9 Å². The minimum atomic E-state index is -3.85. The number of carbonyl (C=O) groups is 2. The van der Waals surface area contributed by atoms with Gasteiger partial charge in [-0.2, -0.15) is 0 Å². The maximum Gasteiger partial charge on any atom is 0.244 e. The van der Waals surface area contributed by atoms with Crippen molar-refractivity contribution in [3.63, 3.8) is 0 Å². The number of halogens is 1. The quantitative estimate of drug-likeness (QED) is 0.251. The summed E-state index contributed by atoms with van der Waals surface area (Å²) in [6, 6.07) is 28.9. The minimum absolute atomic E-state index is 0.133. The SMILES string of the molecule is CCNC(=O)C(Cc1ccccc1)N(Cc1ccc(Br)cc1)C(=O)CN(c1cccc2ccccc12)S(C)(=O)=O. The third kappa shape index (κ3) is 7.28. The number of hydrogen-bond donors (Lipinski definition) is 1. The Morgan fingerprint density at radius 2 is 1.50 bits per heavy atom. The largest absolute Gasteiger partial charge is 0.355 e. The van der Waals surface area contributed by atoms with Crippen molar-refractivity contribution < 1.29 is 18.0 Å². The maximum absolute atomic E-state index is 14.2. The van der Waals surface area contributed by atoms with Gasteiger partial charge in [-0.25, -0.2) is 8.42 Å². The molecule has 1 atom stereocenters. The second kappa shape index (κ2) is 13.1. The molecular formula is C31H32BrN3O4S. The fourth-order valence-corrected chi connectivity index (χ4v) is 5.78. The van der Waals surface area contributed by atoms with Crippen molar-refractivity contribution in [2.24, 2.45) is 0 Å². The van der Waals surface area contributed by atoms with E-state index in [9.17, 15) is 18.0 Å². The molecule has 0 aliphatic rings. The fourth-order valence-electron chi connectivity index (χ4n) is 4.65. The van der Waals surface area contributed by atoms with Gasteiger partial charge in [0.15, 0.2) is 0 Å². The van der Waals surface area contributed by atoms with Crippen molar-refractivity contribution in [2.75, 3.05) is 23.7 Å². The Morgan fingerprint density at radius 1 is 0.850 bits per heavy atom. The highest BCUT2D eigenvalue weighted by atomic mass is 79.9. The molecule has 4 aromatic carbocycles. The highest BCUT2D eigenvalue weighted by Crippen LogP contribution is 2.29. The second-order valence-corrected chi connectivity index (χ2v) is 12.3. The van der Waals surface area contributed by atoms with Gasteiger partial charge >= 0.3 is 0 Å². The van der Waals surface area contributed by atoms with Crippen LogP contribution in [0.15, 0.2) is 102 Å². The summed E-state index contributed by atoms with van der Waals surface area (Å²) in [5.41, 5.74) is 2.12.